The van der Waals surface area contributed by atoms with E-state index in [2.05, 4.69) is 23.1 Å². The molecule has 2 atom stereocenters. The van der Waals surface area contributed by atoms with Crippen LogP contribution >= 0.6 is 11.6 Å². The summed E-state index contributed by atoms with van der Waals surface area (Å²) in [7, 11) is 0. The standard InChI is InChI=1S/C14H18ClNO2/c15-8-13-10-16(5-6-17-13)9-12-7-11-3-1-2-4-14(11)18-12/h1-4,12-13H,5-10H2. The van der Waals surface area contributed by atoms with E-state index in [4.69, 9.17) is 21.1 Å². The summed E-state index contributed by atoms with van der Waals surface area (Å²) in [5.74, 6) is 1.62. The lowest BCUT2D eigenvalue weighted by atomic mass is 10.1. The third-order valence-corrected chi connectivity index (χ3v) is 3.91. The van der Waals surface area contributed by atoms with Crippen molar-refractivity contribution in [3.63, 3.8) is 0 Å². The molecule has 2 aliphatic rings. The fourth-order valence-electron chi connectivity index (χ4n) is 2.68. The summed E-state index contributed by atoms with van der Waals surface area (Å²) in [6.45, 7) is 3.63. The quantitative estimate of drug-likeness (QED) is 0.781. The Hall–Kier alpha value is -0.770. The topological polar surface area (TPSA) is 21.7 Å². The maximum absolute atomic E-state index is 5.96. The predicted molar refractivity (Wildman–Crippen MR) is 71.5 cm³/mol. The first-order valence-corrected chi connectivity index (χ1v) is 7.03. The molecule has 0 radical (unpaired) electrons. The summed E-state index contributed by atoms with van der Waals surface area (Å²) in [5, 5.41) is 0. The lowest BCUT2D eigenvalue weighted by molar-refractivity contribution is -0.0257. The van der Waals surface area contributed by atoms with E-state index in [1.54, 1.807) is 0 Å². The van der Waals surface area contributed by atoms with Crippen molar-refractivity contribution < 1.29 is 9.47 Å². The lowest BCUT2D eigenvalue weighted by Crippen LogP contribution is -2.46. The SMILES string of the molecule is ClCC1CN(CC2Cc3ccccc3O2)CCO1. The Kier molecular flexibility index (Phi) is 3.73. The number of halogens is 1. The molecule has 4 heteroatoms. The Morgan fingerprint density at radius 3 is 3.00 bits per heavy atom. The van der Waals surface area contributed by atoms with Crippen LogP contribution in [0.1, 0.15) is 5.56 Å². The number of nitrogens with zero attached hydrogens (tertiary/aromatic N) is 1. The van der Waals surface area contributed by atoms with Gasteiger partial charge in [0, 0.05) is 31.9 Å². The minimum absolute atomic E-state index is 0.171. The highest BCUT2D eigenvalue weighted by Crippen LogP contribution is 2.28. The third kappa shape index (κ3) is 2.63. The number of morpholine rings is 1. The summed E-state index contributed by atoms with van der Waals surface area (Å²) < 4.78 is 11.5. The fraction of sp³-hybridized carbons (Fsp3) is 0.571. The van der Waals surface area contributed by atoms with Crippen LogP contribution in [0.25, 0.3) is 0 Å². The Morgan fingerprint density at radius 2 is 2.17 bits per heavy atom. The van der Waals surface area contributed by atoms with E-state index in [1.165, 1.54) is 5.56 Å². The summed E-state index contributed by atoms with van der Waals surface area (Å²) in [6, 6.07) is 8.30. The molecule has 3 rings (SSSR count). The highest BCUT2D eigenvalue weighted by molar-refractivity contribution is 6.18. The maximum atomic E-state index is 5.96. The molecule has 0 N–H and O–H groups in total. The zero-order valence-electron chi connectivity index (χ0n) is 10.3. The number of fused-ring (bicyclic) bond motifs is 1. The van der Waals surface area contributed by atoms with Crippen LogP contribution < -0.4 is 4.74 Å². The van der Waals surface area contributed by atoms with Gasteiger partial charge in [0.05, 0.1) is 12.7 Å². The van der Waals surface area contributed by atoms with Crippen LogP contribution in [0.2, 0.25) is 0 Å². The van der Waals surface area contributed by atoms with Gasteiger partial charge in [-0.05, 0) is 11.6 Å². The van der Waals surface area contributed by atoms with Crippen molar-refractivity contribution in [3.8, 4) is 5.75 Å². The van der Waals surface area contributed by atoms with Gasteiger partial charge in [-0.15, -0.1) is 11.6 Å². The van der Waals surface area contributed by atoms with Crippen molar-refractivity contribution >= 4 is 11.6 Å². The molecule has 0 spiro atoms. The average molecular weight is 268 g/mol. The van der Waals surface area contributed by atoms with Gasteiger partial charge in [-0.3, -0.25) is 4.90 Å². The van der Waals surface area contributed by atoms with E-state index in [0.717, 1.165) is 38.4 Å². The molecular weight excluding hydrogens is 250 g/mol. The van der Waals surface area contributed by atoms with Gasteiger partial charge in [-0.2, -0.15) is 0 Å². The molecular formula is C14H18ClNO2. The van der Waals surface area contributed by atoms with Gasteiger partial charge < -0.3 is 9.47 Å². The molecule has 1 aromatic rings. The van der Waals surface area contributed by atoms with Crippen molar-refractivity contribution in [3.05, 3.63) is 29.8 Å². The van der Waals surface area contributed by atoms with Crippen molar-refractivity contribution in [1.82, 2.24) is 4.90 Å². The van der Waals surface area contributed by atoms with E-state index in [0.29, 0.717) is 5.88 Å². The van der Waals surface area contributed by atoms with Crippen molar-refractivity contribution in [2.24, 2.45) is 0 Å². The number of hydrogen-bond donors (Lipinski definition) is 0. The molecule has 0 saturated carbocycles. The van der Waals surface area contributed by atoms with Gasteiger partial charge in [0.25, 0.3) is 0 Å². The van der Waals surface area contributed by atoms with Crippen LogP contribution in [0.3, 0.4) is 0 Å². The second-order valence-electron chi connectivity index (χ2n) is 4.96. The van der Waals surface area contributed by atoms with Gasteiger partial charge in [0.1, 0.15) is 11.9 Å². The average Bonchev–Trinajstić information content (AvgIpc) is 2.81. The first kappa shape index (κ1) is 12.3. The monoisotopic (exact) mass is 267 g/mol. The second kappa shape index (κ2) is 5.47. The molecule has 0 amide bonds. The second-order valence-corrected chi connectivity index (χ2v) is 5.27. The van der Waals surface area contributed by atoms with Crippen LogP contribution in [0.4, 0.5) is 0 Å². The normalized spacial score (nSPS) is 27.8. The lowest BCUT2D eigenvalue weighted by Gasteiger charge is -2.33. The van der Waals surface area contributed by atoms with Gasteiger partial charge in [0.2, 0.25) is 0 Å². The van der Waals surface area contributed by atoms with Crippen LogP contribution in [0.15, 0.2) is 24.3 Å². The first-order chi connectivity index (χ1) is 8.85. The third-order valence-electron chi connectivity index (χ3n) is 3.57. The fourth-order valence-corrected chi connectivity index (χ4v) is 2.87. The van der Waals surface area contributed by atoms with Gasteiger partial charge in [-0.1, -0.05) is 18.2 Å². The molecule has 0 aromatic heterocycles. The Bertz CT molecular complexity index is 388. The Balaban J connectivity index is 1.56. The highest BCUT2D eigenvalue weighted by Gasteiger charge is 2.27. The molecule has 98 valence electrons. The summed E-state index contributed by atoms with van der Waals surface area (Å²) in [5.41, 5.74) is 1.32. The van der Waals surface area contributed by atoms with Gasteiger partial charge >= 0.3 is 0 Å². The molecule has 0 bridgehead atoms. The predicted octanol–water partition coefficient (Wildman–Crippen LogP) is 1.93. The number of ether oxygens (including phenoxy) is 2. The van der Waals surface area contributed by atoms with Crippen molar-refractivity contribution in [2.45, 2.75) is 18.6 Å². The number of hydrogen-bond acceptors (Lipinski definition) is 3. The Morgan fingerprint density at radius 1 is 1.28 bits per heavy atom. The zero-order chi connectivity index (χ0) is 12.4. The van der Waals surface area contributed by atoms with Crippen molar-refractivity contribution in [2.75, 3.05) is 32.1 Å². The van der Waals surface area contributed by atoms with Gasteiger partial charge in [-0.25, -0.2) is 0 Å². The minimum atomic E-state index is 0.171. The van der Waals surface area contributed by atoms with Gasteiger partial charge in [0.15, 0.2) is 0 Å². The van der Waals surface area contributed by atoms with Crippen molar-refractivity contribution in [1.29, 1.82) is 0 Å². The molecule has 1 saturated heterocycles. The number of benzene rings is 1. The molecule has 0 aliphatic carbocycles. The molecule has 2 aliphatic heterocycles. The van der Waals surface area contributed by atoms with E-state index in [1.807, 2.05) is 6.07 Å². The van der Waals surface area contributed by atoms with E-state index >= 15 is 0 Å². The van der Waals surface area contributed by atoms with Crippen LogP contribution in [0.5, 0.6) is 5.75 Å². The molecule has 18 heavy (non-hydrogen) atoms. The maximum Gasteiger partial charge on any atom is 0.123 e. The number of para-hydroxylation sites is 1. The largest absolute Gasteiger partial charge is 0.488 e. The summed E-state index contributed by atoms with van der Waals surface area (Å²) in [6.07, 6.45) is 1.46. The minimum Gasteiger partial charge on any atom is -0.488 e. The van der Waals surface area contributed by atoms with Crippen LogP contribution in [-0.2, 0) is 11.2 Å². The Labute approximate surface area is 113 Å². The van der Waals surface area contributed by atoms with Crippen LogP contribution in [0, 0.1) is 0 Å². The van der Waals surface area contributed by atoms with E-state index in [9.17, 15) is 0 Å². The first-order valence-electron chi connectivity index (χ1n) is 6.49. The summed E-state index contributed by atoms with van der Waals surface area (Å²) >= 11 is 5.85. The number of rotatable bonds is 3. The van der Waals surface area contributed by atoms with Crippen LogP contribution in [-0.4, -0.2) is 49.2 Å². The molecule has 2 heterocycles. The number of alkyl halides is 1. The molecule has 2 unspecified atom stereocenters. The molecule has 1 aromatic carbocycles. The highest BCUT2D eigenvalue weighted by atomic mass is 35.5. The molecule has 3 nitrogen and oxygen atoms in total. The van der Waals surface area contributed by atoms with E-state index < -0.39 is 0 Å². The summed E-state index contributed by atoms with van der Waals surface area (Å²) in [4.78, 5) is 2.40. The molecule has 1 fully saturated rings. The zero-order valence-corrected chi connectivity index (χ0v) is 11.1. The van der Waals surface area contributed by atoms with E-state index in [-0.39, 0.29) is 12.2 Å². The smallest absolute Gasteiger partial charge is 0.123 e.